The number of carbonyl (C=O) groups is 3. The molecular formula is C15H17FO5. The minimum Gasteiger partial charge on any atom is -0.466 e. The molecular weight excluding hydrogens is 279 g/mol. The molecule has 0 bridgehead atoms. The standard InChI is InChI=1S/C15H17FO5/c1-10(17)9-12(11-7-5-4-6-8-11)15(16,13(18)20-2)14(19)21-3/h4-8,12H,9H2,1-3H3. The summed E-state index contributed by atoms with van der Waals surface area (Å²) in [5, 5.41) is 0. The van der Waals surface area contributed by atoms with Gasteiger partial charge in [-0.05, 0) is 12.5 Å². The van der Waals surface area contributed by atoms with Gasteiger partial charge in [-0.25, -0.2) is 14.0 Å². The summed E-state index contributed by atoms with van der Waals surface area (Å²) in [5.41, 5.74) is -2.73. The van der Waals surface area contributed by atoms with Crippen molar-refractivity contribution in [3.8, 4) is 0 Å². The molecule has 0 heterocycles. The van der Waals surface area contributed by atoms with Crippen LogP contribution in [0, 0.1) is 0 Å². The third-order valence-electron chi connectivity index (χ3n) is 3.14. The number of ketones is 1. The highest BCUT2D eigenvalue weighted by molar-refractivity contribution is 6.05. The van der Waals surface area contributed by atoms with Gasteiger partial charge in [-0.15, -0.1) is 0 Å². The molecule has 1 unspecified atom stereocenters. The van der Waals surface area contributed by atoms with Crippen molar-refractivity contribution in [1.82, 2.24) is 0 Å². The number of carbonyl (C=O) groups excluding carboxylic acids is 3. The van der Waals surface area contributed by atoms with Crippen molar-refractivity contribution in [2.75, 3.05) is 14.2 Å². The van der Waals surface area contributed by atoms with Crippen LogP contribution in [0.15, 0.2) is 30.3 Å². The molecule has 0 aliphatic carbocycles. The van der Waals surface area contributed by atoms with Gasteiger partial charge in [0.05, 0.1) is 14.2 Å². The van der Waals surface area contributed by atoms with E-state index in [1.807, 2.05) is 0 Å². The zero-order valence-electron chi connectivity index (χ0n) is 12.1. The first-order valence-corrected chi connectivity index (χ1v) is 6.28. The Morgan fingerprint density at radius 2 is 1.57 bits per heavy atom. The molecule has 0 N–H and O–H groups in total. The van der Waals surface area contributed by atoms with Crippen LogP contribution in [0.3, 0.4) is 0 Å². The molecule has 0 saturated carbocycles. The minimum absolute atomic E-state index is 0.329. The summed E-state index contributed by atoms with van der Waals surface area (Å²) in [7, 11) is 1.94. The first kappa shape index (κ1) is 16.8. The Morgan fingerprint density at radius 3 is 1.95 bits per heavy atom. The largest absolute Gasteiger partial charge is 0.466 e. The summed E-state index contributed by atoms with van der Waals surface area (Å²) in [6, 6.07) is 8.01. The lowest BCUT2D eigenvalue weighted by atomic mass is 9.80. The van der Waals surface area contributed by atoms with E-state index in [4.69, 9.17) is 0 Å². The van der Waals surface area contributed by atoms with Crippen LogP contribution >= 0.6 is 0 Å². The molecule has 0 spiro atoms. The molecule has 114 valence electrons. The monoisotopic (exact) mass is 296 g/mol. The van der Waals surface area contributed by atoms with Crippen molar-refractivity contribution in [2.45, 2.75) is 24.9 Å². The highest BCUT2D eigenvalue weighted by Crippen LogP contribution is 2.37. The zero-order valence-corrected chi connectivity index (χ0v) is 12.1. The number of methoxy groups -OCH3 is 2. The Hall–Kier alpha value is -2.24. The van der Waals surface area contributed by atoms with Gasteiger partial charge in [-0.3, -0.25) is 0 Å². The van der Waals surface area contributed by atoms with E-state index in [-0.39, 0.29) is 12.2 Å². The fourth-order valence-corrected chi connectivity index (χ4v) is 2.13. The molecule has 5 nitrogen and oxygen atoms in total. The average Bonchev–Trinajstić information content (AvgIpc) is 2.50. The van der Waals surface area contributed by atoms with E-state index in [2.05, 4.69) is 9.47 Å². The van der Waals surface area contributed by atoms with Crippen LogP contribution in [0.5, 0.6) is 0 Å². The summed E-state index contributed by atoms with van der Waals surface area (Å²) in [6.07, 6.45) is -0.329. The van der Waals surface area contributed by atoms with Gasteiger partial charge in [0.15, 0.2) is 0 Å². The Kier molecular flexibility index (Phi) is 5.58. The van der Waals surface area contributed by atoms with Gasteiger partial charge in [0.2, 0.25) is 0 Å². The van der Waals surface area contributed by atoms with Gasteiger partial charge in [0.1, 0.15) is 5.78 Å². The van der Waals surface area contributed by atoms with Crippen LogP contribution in [0.4, 0.5) is 4.39 Å². The topological polar surface area (TPSA) is 69.7 Å². The Bertz CT molecular complexity index is 510. The van der Waals surface area contributed by atoms with E-state index in [0.717, 1.165) is 14.2 Å². The average molecular weight is 296 g/mol. The lowest BCUT2D eigenvalue weighted by molar-refractivity contribution is -0.173. The lowest BCUT2D eigenvalue weighted by Crippen LogP contribution is -2.49. The lowest BCUT2D eigenvalue weighted by Gasteiger charge is -2.28. The second-order valence-corrected chi connectivity index (χ2v) is 4.56. The third kappa shape index (κ3) is 3.45. The maximum Gasteiger partial charge on any atom is 0.356 e. The van der Waals surface area contributed by atoms with Crippen molar-refractivity contribution >= 4 is 17.7 Å². The smallest absolute Gasteiger partial charge is 0.356 e. The van der Waals surface area contributed by atoms with Gasteiger partial charge in [0, 0.05) is 12.3 Å². The number of halogens is 1. The predicted molar refractivity (Wildman–Crippen MR) is 72.4 cm³/mol. The molecule has 1 aromatic carbocycles. The van der Waals surface area contributed by atoms with E-state index in [1.54, 1.807) is 18.2 Å². The van der Waals surface area contributed by atoms with Crippen LogP contribution in [0.2, 0.25) is 0 Å². The number of ether oxygens (including phenoxy) is 2. The van der Waals surface area contributed by atoms with Gasteiger partial charge in [0.25, 0.3) is 0 Å². The van der Waals surface area contributed by atoms with Crippen LogP contribution in [0.25, 0.3) is 0 Å². The van der Waals surface area contributed by atoms with Crippen LogP contribution in [-0.2, 0) is 23.9 Å². The number of hydrogen-bond donors (Lipinski definition) is 0. The number of rotatable bonds is 6. The van der Waals surface area contributed by atoms with E-state index in [1.165, 1.54) is 19.1 Å². The van der Waals surface area contributed by atoms with Crippen molar-refractivity contribution in [2.24, 2.45) is 0 Å². The fraction of sp³-hybridized carbons (Fsp3) is 0.400. The zero-order chi connectivity index (χ0) is 16.0. The van der Waals surface area contributed by atoms with E-state index >= 15 is 4.39 Å². The van der Waals surface area contributed by atoms with Crippen LogP contribution < -0.4 is 0 Å². The predicted octanol–water partition coefficient (Wildman–Crippen LogP) is 1.80. The van der Waals surface area contributed by atoms with Gasteiger partial charge in [-0.2, -0.15) is 0 Å². The fourth-order valence-electron chi connectivity index (χ4n) is 2.13. The maximum atomic E-state index is 15.2. The molecule has 1 atom stereocenters. The molecule has 0 amide bonds. The molecule has 1 aromatic rings. The van der Waals surface area contributed by atoms with Crippen molar-refractivity contribution < 1.29 is 28.2 Å². The molecule has 0 saturated heterocycles. The van der Waals surface area contributed by atoms with Gasteiger partial charge >= 0.3 is 17.6 Å². The summed E-state index contributed by atoms with van der Waals surface area (Å²) in [5.74, 6) is -4.44. The number of esters is 2. The molecule has 0 aliphatic heterocycles. The number of Topliss-reactive ketones (excluding diaryl/α,β-unsaturated/α-hetero) is 1. The van der Waals surface area contributed by atoms with E-state index in [9.17, 15) is 14.4 Å². The normalized spacial score (nSPS) is 12.4. The van der Waals surface area contributed by atoms with Crippen molar-refractivity contribution in [1.29, 1.82) is 0 Å². The Balaban J connectivity index is 3.41. The molecule has 6 heteroatoms. The first-order valence-electron chi connectivity index (χ1n) is 6.28. The van der Waals surface area contributed by atoms with Crippen LogP contribution in [0.1, 0.15) is 24.8 Å². The molecule has 1 rings (SSSR count). The summed E-state index contributed by atoms with van der Waals surface area (Å²) in [6.45, 7) is 1.25. The molecule has 0 aromatic heterocycles. The summed E-state index contributed by atoms with van der Waals surface area (Å²) >= 11 is 0. The molecule has 0 aliphatic rings. The highest BCUT2D eigenvalue weighted by atomic mass is 19.1. The minimum atomic E-state index is -3.07. The molecule has 21 heavy (non-hydrogen) atoms. The number of alkyl halides is 1. The number of benzene rings is 1. The Morgan fingerprint density at radius 1 is 1.10 bits per heavy atom. The van der Waals surface area contributed by atoms with Crippen molar-refractivity contribution in [3.05, 3.63) is 35.9 Å². The first-order chi connectivity index (χ1) is 9.87. The molecule has 0 radical (unpaired) electrons. The third-order valence-corrected chi connectivity index (χ3v) is 3.14. The SMILES string of the molecule is COC(=O)C(F)(C(=O)OC)C(CC(C)=O)c1ccccc1. The molecule has 0 fully saturated rings. The quantitative estimate of drug-likeness (QED) is 0.591. The summed E-state index contributed by atoms with van der Waals surface area (Å²) in [4.78, 5) is 35.1. The second kappa shape index (κ2) is 6.97. The maximum absolute atomic E-state index is 15.2. The number of hydrogen-bond acceptors (Lipinski definition) is 5. The van der Waals surface area contributed by atoms with E-state index < -0.39 is 23.5 Å². The Labute approximate surface area is 122 Å². The van der Waals surface area contributed by atoms with Gasteiger partial charge in [-0.1, -0.05) is 30.3 Å². The van der Waals surface area contributed by atoms with Gasteiger partial charge < -0.3 is 14.3 Å². The highest BCUT2D eigenvalue weighted by Gasteiger charge is 2.56. The summed E-state index contributed by atoms with van der Waals surface area (Å²) < 4.78 is 24.0. The van der Waals surface area contributed by atoms with Crippen molar-refractivity contribution in [3.63, 3.8) is 0 Å². The second-order valence-electron chi connectivity index (χ2n) is 4.56. The van der Waals surface area contributed by atoms with Crippen LogP contribution in [-0.4, -0.2) is 37.6 Å². The van der Waals surface area contributed by atoms with E-state index in [0.29, 0.717) is 5.56 Å².